The van der Waals surface area contributed by atoms with E-state index in [2.05, 4.69) is 29.7 Å². The Morgan fingerprint density at radius 1 is 1.50 bits per heavy atom. The van der Waals surface area contributed by atoms with Crippen molar-refractivity contribution in [2.24, 2.45) is 0 Å². The molecule has 0 fully saturated rings. The van der Waals surface area contributed by atoms with Gasteiger partial charge in [0.15, 0.2) is 0 Å². The maximum atomic E-state index is 3.21. The van der Waals surface area contributed by atoms with Gasteiger partial charge in [-0.3, -0.25) is 0 Å². The Kier molecular flexibility index (Phi) is 1.84. The minimum absolute atomic E-state index is 0.769. The van der Waals surface area contributed by atoms with Gasteiger partial charge in [0.2, 0.25) is 0 Å². The van der Waals surface area contributed by atoms with Gasteiger partial charge in [-0.2, -0.15) is 0 Å². The fourth-order valence-electron chi connectivity index (χ4n) is 0.641. The summed E-state index contributed by atoms with van der Waals surface area (Å²) in [5, 5.41) is 0. The van der Waals surface area contributed by atoms with Gasteiger partial charge in [-0.15, -0.1) is 0 Å². The van der Waals surface area contributed by atoms with E-state index in [1.54, 1.807) is 0 Å². The summed E-state index contributed by atoms with van der Waals surface area (Å²) < 4.78 is 1.48. The molecule has 0 spiro atoms. The van der Waals surface area contributed by atoms with Gasteiger partial charge >= 0.3 is 54.1 Å². The van der Waals surface area contributed by atoms with Crippen molar-refractivity contribution < 1.29 is 0 Å². The van der Waals surface area contributed by atoms with Crippen LogP contribution in [0.15, 0.2) is 18.2 Å². The molecule has 0 nitrogen and oxygen atoms in total. The zero-order valence-corrected chi connectivity index (χ0v) is 7.33. The van der Waals surface area contributed by atoms with Crippen molar-refractivity contribution in [1.82, 2.24) is 0 Å². The third-order valence-corrected chi connectivity index (χ3v) is 4.05. The number of rotatable bonds is 0. The zero-order valence-electron chi connectivity index (χ0n) is 5.23. The minimum atomic E-state index is -0.769. The van der Waals surface area contributed by atoms with Crippen LogP contribution in [-0.4, -0.2) is 18.3 Å². The van der Waals surface area contributed by atoms with Crippen LogP contribution in [0.25, 0.3) is 0 Å². The Morgan fingerprint density at radius 3 is 2.50 bits per heavy atom. The van der Waals surface area contributed by atoms with E-state index in [9.17, 15) is 0 Å². The predicted octanol–water partition coefficient (Wildman–Crippen LogP) is 1.42. The summed E-state index contributed by atoms with van der Waals surface area (Å²) in [7, 11) is 0. The first-order chi connectivity index (χ1) is 3.80. The van der Waals surface area contributed by atoms with Gasteiger partial charge < -0.3 is 0 Å². The van der Waals surface area contributed by atoms with Crippen molar-refractivity contribution in [2.75, 3.05) is 0 Å². The van der Waals surface area contributed by atoms with E-state index in [1.807, 2.05) is 6.08 Å². The Bertz CT molecular complexity index is 155. The molecule has 41 valence electrons. The molecule has 0 N–H and O–H groups in total. The Balaban J connectivity index is 2.90. The molecular weight excluding hydrogens is 157 g/mol. The van der Waals surface area contributed by atoms with Crippen molar-refractivity contribution in [2.45, 2.75) is 11.5 Å². The monoisotopic (exact) mass is 167 g/mol. The normalized spacial score (nSPS) is 15.5. The summed E-state index contributed by atoms with van der Waals surface area (Å²) in [4.78, 5) is 0. The van der Waals surface area contributed by atoms with Gasteiger partial charge in [-0.05, 0) is 0 Å². The van der Waals surface area contributed by atoms with Crippen LogP contribution >= 0.6 is 0 Å². The van der Waals surface area contributed by atoms with Gasteiger partial charge in [-0.25, -0.2) is 0 Å². The van der Waals surface area contributed by atoms with E-state index in [-0.39, 0.29) is 0 Å². The molecule has 0 bridgehead atoms. The van der Waals surface area contributed by atoms with Crippen LogP contribution in [0.3, 0.4) is 0 Å². The number of hydrogen-bond donors (Lipinski definition) is 0. The van der Waals surface area contributed by atoms with Crippen molar-refractivity contribution in [3.8, 4) is 0 Å². The Morgan fingerprint density at radius 2 is 2.25 bits per heavy atom. The standard InChI is InChI=1S/C7H9Ge/c1-8(2)7-5-3-4-6-7/h3-5H,1-2H3. The van der Waals surface area contributed by atoms with Crippen molar-refractivity contribution in [1.29, 1.82) is 0 Å². The average molecular weight is 166 g/mol. The van der Waals surface area contributed by atoms with E-state index in [0.29, 0.717) is 0 Å². The maximum absolute atomic E-state index is 3.21. The van der Waals surface area contributed by atoms with Gasteiger partial charge in [0.05, 0.1) is 0 Å². The van der Waals surface area contributed by atoms with Crippen LogP contribution in [0.5, 0.6) is 0 Å². The molecule has 0 atom stereocenters. The van der Waals surface area contributed by atoms with Crippen LogP contribution in [0.2, 0.25) is 11.5 Å². The van der Waals surface area contributed by atoms with Crippen LogP contribution in [-0.2, 0) is 0 Å². The number of hydrogen-bond acceptors (Lipinski definition) is 0. The molecule has 0 aromatic rings. The molecule has 1 aliphatic rings. The van der Waals surface area contributed by atoms with E-state index >= 15 is 0 Å². The Hall–Kier alpha value is -0.107. The van der Waals surface area contributed by atoms with E-state index in [1.165, 1.54) is 4.35 Å². The molecule has 0 saturated heterocycles. The first-order valence-corrected chi connectivity index (χ1v) is 7.99. The fraction of sp³-hybridized carbons (Fsp3) is 0.286. The van der Waals surface area contributed by atoms with Crippen molar-refractivity contribution >= 4 is 18.3 Å². The molecule has 0 aliphatic heterocycles. The molecule has 1 heteroatoms. The van der Waals surface area contributed by atoms with E-state index in [4.69, 9.17) is 0 Å². The van der Waals surface area contributed by atoms with Crippen LogP contribution in [0.4, 0.5) is 0 Å². The first-order valence-electron chi connectivity index (χ1n) is 2.74. The third-order valence-electron chi connectivity index (χ3n) is 1.14. The quantitative estimate of drug-likeness (QED) is 0.477. The molecule has 0 saturated carbocycles. The Labute approximate surface area is 54.6 Å². The van der Waals surface area contributed by atoms with Crippen LogP contribution < -0.4 is 0 Å². The average Bonchev–Trinajstić information content (AvgIpc) is 2.12. The second-order valence-corrected chi connectivity index (χ2v) is 7.41. The molecule has 0 heterocycles. The van der Waals surface area contributed by atoms with Gasteiger partial charge in [0.25, 0.3) is 0 Å². The summed E-state index contributed by atoms with van der Waals surface area (Å²) in [5.74, 6) is 4.68. The summed E-state index contributed by atoms with van der Waals surface area (Å²) >= 11 is -0.769. The molecule has 0 aromatic heterocycles. The molecule has 1 rings (SSSR count). The SMILES string of the molecule is [CH3][Ge]([CH3])=[C]1[C]=CC=C1. The second-order valence-electron chi connectivity index (χ2n) is 2.08. The molecule has 0 aromatic carbocycles. The fourth-order valence-corrected chi connectivity index (χ4v) is 2.32. The topological polar surface area (TPSA) is 0 Å². The molecule has 0 amide bonds. The molecule has 0 unspecified atom stereocenters. The predicted molar refractivity (Wildman–Crippen MR) is 39.4 cm³/mol. The first kappa shape index (κ1) is 6.02. The summed E-state index contributed by atoms with van der Waals surface area (Å²) in [5.41, 5.74) is 0. The van der Waals surface area contributed by atoms with E-state index in [0.717, 1.165) is 0 Å². The molecule has 1 aliphatic carbocycles. The molecular formula is C7H9Ge. The molecule has 1 radical (unpaired) electrons. The summed E-state index contributed by atoms with van der Waals surface area (Å²) in [6.07, 6.45) is 9.45. The van der Waals surface area contributed by atoms with Gasteiger partial charge in [0.1, 0.15) is 0 Å². The summed E-state index contributed by atoms with van der Waals surface area (Å²) in [6.45, 7) is 0. The number of allylic oxidation sites excluding steroid dienone is 4. The third kappa shape index (κ3) is 1.19. The van der Waals surface area contributed by atoms with Crippen LogP contribution in [0.1, 0.15) is 0 Å². The van der Waals surface area contributed by atoms with E-state index < -0.39 is 13.9 Å². The van der Waals surface area contributed by atoms with Gasteiger partial charge in [-0.1, -0.05) is 0 Å². The van der Waals surface area contributed by atoms with Crippen molar-refractivity contribution in [3.63, 3.8) is 0 Å². The van der Waals surface area contributed by atoms with Gasteiger partial charge in [0, 0.05) is 0 Å². The van der Waals surface area contributed by atoms with Crippen LogP contribution in [0, 0.1) is 6.08 Å². The van der Waals surface area contributed by atoms with Crippen molar-refractivity contribution in [3.05, 3.63) is 24.3 Å². The second kappa shape index (κ2) is 2.45. The molecule has 8 heavy (non-hydrogen) atoms. The summed E-state index contributed by atoms with van der Waals surface area (Å²) in [6, 6.07) is 0. The zero-order chi connectivity index (χ0) is 5.98.